The summed E-state index contributed by atoms with van der Waals surface area (Å²) < 4.78 is 10.9. The Balaban J connectivity index is 2.04. The Morgan fingerprint density at radius 3 is 2.83 bits per heavy atom. The Kier molecular flexibility index (Phi) is 4.32. The van der Waals surface area contributed by atoms with E-state index in [1.54, 1.807) is 13.2 Å². The summed E-state index contributed by atoms with van der Waals surface area (Å²) in [5, 5.41) is 6.42. The summed E-state index contributed by atoms with van der Waals surface area (Å²) in [4.78, 5) is 11.8. The standard InChI is InChI=1S/C12H11IN2O3/c1-17-7-10-6-11(15-18-10)12(16)14-9-4-2-8(13)3-5-9/h2-6H,7H2,1H3,(H,14,16). The third-order valence-corrected chi connectivity index (χ3v) is 2.90. The van der Waals surface area contributed by atoms with Crippen molar-refractivity contribution in [1.29, 1.82) is 0 Å². The molecular weight excluding hydrogens is 347 g/mol. The second-order valence-electron chi connectivity index (χ2n) is 3.57. The van der Waals surface area contributed by atoms with Crippen LogP contribution in [0.3, 0.4) is 0 Å². The van der Waals surface area contributed by atoms with E-state index in [4.69, 9.17) is 9.26 Å². The van der Waals surface area contributed by atoms with Gasteiger partial charge in [-0.2, -0.15) is 0 Å². The van der Waals surface area contributed by atoms with Crippen molar-refractivity contribution in [2.45, 2.75) is 6.61 Å². The zero-order chi connectivity index (χ0) is 13.0. The fourth-order valence-corrected chi connectivity index (χ4v) is 1.72. The van der Waals surface area contributed by atoms with E-state index < -0.39 is 0 Å². The van der Waals surface area contributed by atoms with Crippen LogP contribution in [0.15, 0.2) is 34.9 Å². The summed E-state index contributed by atoms with van der Waals surface area (Å²) in [5.41, 5.74) is 0.956. The molecule has 0 bridgehead atoms. The number of nitrogens with one attached hydrogen (secondary N) is 1. The minimum atomic E-state index is -0.303. The number of nitrogens with zero attached hydrogens (tertiary/aromatic N) is 1. The summed E-state index contributed by atoms with van der Waals surface area (Å²) >= 11 is 2.20. The van der Waals surface area contributed by atoms with Crippen molar-refractivity contribution in [3.05, 3.63) is 45.4 Å². The normalized spacial score (nSPS) is 10.3. The number of aromatic nitrogens is 1. The average molecular weight is 358 g/mol. The number of anilines is 1. The van der Waals surface area contributed by atoms with Gasteiger partial charge >= 0.3 is 0 Å². The molecule has 0 aliphatic rings. The molecule has 2 rings (SSSR count). The van der Waals surface area contributed by atoms with Crippen molar-refractivity contribution >= 4 is 34.2 Å². The van der Waals surface area contributed by atoms with E-state index >= 15 is 0 Å². The zero-order valence-corrected chi connectivity index (χ0v) is 11.8. The number of hydrogen-bond donors (Lipinski definition) is 1. The van der Waals surface area contributed by atoms with Gasteiger partial charge in [0, 0.05) is 22.4 Å². The molecule has 0 unspecified atom stereocenters. The molecule has 1 aromatic heterocycles. The molecule has 0 saturated heterocycles. The van der Waals surface area contributed by atoms with Crippen LogP contribution in [0.5, 0.6) is 0 Å². The number of rotatable bonds is 4. The highest BCUT2D eigenvalue weighted by Crippen LogP contribution is 2.13. The van der Waals surface area contributed by atoms with Crippen LogP contribution in [-0.4, -0.2) is 18.2 Å². The lowest BCUT2D eigenvalue weighted by Gasteiger charge is -2.01. The van der Waals surface area contributed by atoms with Crippen LogP contribution < -0.4 is 5.32 Å². The maximum atomic E-state index is 11.8. The third-order valence-electron chi connectivity index (χ3n) is 2.18. The topological polar surface area (TPSA) is 64.4 Å². The van der Waals surface area contributed by atoms with Gasteiger partial charge in [0.2, 0.25) is 0 Å². The molecule has 0 aliphatic carbocycles. The molecule has 1 aromatic carbocycles. The van der Waals surface area contributed by atoms with Gasteiger partial charge in [-0.25, -0.2) is 0 Å². The highest BCUT2D eigenvalue weighted by atomic mass is 127. The maximum Gasteiger partial charge on any atom is 0.277 e. The molecule has 0 aliphatic heterocycles. The van der Waals surface area contributed by atoms with Crippen LogP contribution in [0.1, 0.15) is 16.2 Å². The van der Waals surface area contributed by atoms with Crippen molar-refractivity contribution in [2.75, 3.05) is 12.4 Å². The van der Waals surface area contributed by atoms with Crippen LogP contribution in [0.2, 0.25) is 0 Å². The quantitative estimate of drug-likeness (QED) is 0.854. The Morgan fingerprint density at radius 1 is 1.44 bits per heavy atom. The number of ether oxygens (including phenoxy) is 1. The molecule has 0 saturated carbocycles. The van der Waals surface area contributed by atoms with Crippen molar-refractivity contribution in [3.8, 4) is 0 Å². The minimum Gasteiger partial charge on any atom is -0.377 e. The molecule has 0 atom stereocenters. The average Bonchev–Trinajstić information content (AvgIpc) is 2.81. The van der Waals surface area contributed by atoms with Crippen LogP contribution in [0.4, 0.5) is 5.69 Å². The third kappa shape index (κ3) is 3.30. The number of amides is 1. The van der Waals surface area contributed by atoms with E-state index in [1.165, 1.54) is 0 Å². The molecule has 2 aromatic rings. The first-order valence-corrected chi connectivity index (χ1v) is 6.28. The van der Waals surface area contributed by atoms with E-state index in [9.17, 15) is 4.79 Å². The molecule has 18 heavy (non-hydrogen) atoms. The van der Waals surface area contributed by atoms with Gasteiger partial charge in [0.25, 0.3) is 5.91 Å². The van der Waals surface area contributed by atoms with Crippen LogP contribution in [0, 0.1) is 3.57 Å². The number of benzene rings is 1. The Morgan fingerprint density at radius 2 is 2.17 bits per heavy atom. The first-order chi connectivity index (χ1) is 8.69. The smallest absolute Gasteiger partial charge is 0.277 e. The molecule has 94 valence electrons. The molecule has 0 spiro atoms. The lowest BCUT2D eigenvalue weighted by atomic mass is 10.3. The molecule has 0 radical (unpaired) electrons. The Labute approximate surface area is 118 Å². The highest BCUT2D eigenvalue weighted by Gasteiger charge is 2.12. The number of halogens is 1. The first-order valence-electron chi connectivity index (χ1n) is 5.20. The van der Waals surface area contributed by atoms with Gasteiger partial charge < -0.3 is 14.6 Å². The molecule has 5 nitrogen and oxygen atoms in total. The van der Waals surface area contributed by atoms with Crippen molar-refractivity contribution in [2.24, 2.45) is 0 Å². The molecule has 1 N–H and O–H groups in total. The summed E-state index contributed by atoms with van der Waals surface area (Å²) in [6, 6.07) is 9.04. The lowest BCUT2D eigenvalue weighted by Crippen LogP contribution is -2.12. The van der Waals surface area contributed by atoms with E-state index in [0.717, 1.165) is 9.26 Å². The van der Waals surface area contributed by atoms with Gasteiger partial charge in [-0.3, -0.25) is 4.79 Å². The fraction of sp³-hybridized carbons (Fsp3) is 0.167. The van der Waals surface area contributed by atoms with Crippen molar-refractivity contribution in [1.82, 2.24) is 5.16 Å². The van der Waals surface area contributed by atoms with E-state index in [-0.39, 0.29) is 11.6 Å². The molecule has 6 heteroatoms. The highest BCUT2D eigenvalue weighted by molar-refractivity contribution is 14.1. The van der Waals surface area contributed by atoms with Gasteiger partial charge in [-0.1, -0.05) is 5.16 Å². The summed E-state index contributed by atoms with van der Waals surface area (Å²) in [5.74, 6) is 0.215. The van der Waals surface area contributed by atoms with Gasteiger partial charge in [-0.15, -0.1) is 0 Å². The van der Waals surface area contributed by atoms with E-state index in [1.807, 2.05) is 24.3 Å². The fourth-order valence-electron chi connectivity index (χ4n) is 1.36. The summed E-state index contributed by atoms with van der Waals surface area (Å²) in [7, 11) is 1.55. The second-order valence-corrected chi connectivity index (χ2v) is 4.82. The van der Waals surface area contributed by atoms with E-state index in [0.29, 0.717) is 12.4 Å². The van der Waals surface area contributed by atoms with Crippen molar-refractivity contribution in [3.63, 3.8) is 0 Å². The Hall–Kier alpha value is -1.41. The predicted octanol–water partition coefficient (Wildman–Crippen LogP) is 2.68. The van der Waals surface area contributed by atoms with Gasteiger partial charge in [0.05, 0.1) is 0 Å². The van der Waals surface area contributed by atoms with Gasteiger partial charge in [0.1, 0.15) is 6.61 Å². The molecule has 1 heterocycles. The summed E-state index contributed by atoms with van der Waals surface area (Å²) in [6.07, 6.45) is 0. The Bertz CT molecular complexity index is 537. The van der Waals surface area contributed by atoms with Crippen molar-refractivity contribution < 1.29 is 14.1 Å². The molecule has 1 amide bonds. The van der Waals surface area contributed by atoms with E-state index in [2.05, 4.69) is 33.1 Å². The monoisotopic (exact) mass is 358 g/mol. The molecule has 0 fully saturated rings. The maximum absolute atomic E-state index is 11.8. The zero-order valence-electron chi connectivity index (χ0n) is 9.64. The second kappa shape index (κ2) is 5.96. The predicted molar refractivity (Wildman–Crippen MR) is 74.3 cm³/mol. The number of methoxy groups -OCH3 is 1. The van der Waals surface area contributed by atoms with Crippen LogP contribution >= 0.6 is 22.6 Å². The molecular formula is C12H11IN2O3. The van der Waals surface area contributed by atoms with Gasteiger partial charge in [0.15, 0.2) is 11.5 Å². The number of carbonyl (C=O) groups is 1. The van der Waals surface area contributed by atoms with Crippen LogP contribution in [-0.2, 0) is 11.3 Å². The minimum absolute atomic E-state index is 0.237. The van der Waals surface area contributed by atoms with Crippen LogP contribution in [0.25, 0.3) is 0 Å². The number of carbonyl (C=O) groups excluding carboxylic acids is 1. The van der Waals surface area contributed by atoms with Gasteiger partial charge in [-0.05, 0) is 46.9 Å². The largest absolute Gasteiger partial charge is 0.377 e. The summed E-state index contributed by atoms with van der Waals surface area (Å²) in [6.45, 7) is 0.295. The lowest BCUT2D eigenvalue weighted by molar-refractivity contribution is 0.101. The number of hydrogen-bond acceptors (Lipinski definition) is 4. The SMILES string of the molecule is COCc1cc(C(=O)Nc2ccc(I)cc2)no1. The first kappa shape index (κ1) is 13.0.